The SMILES string of the molecule is Cc1ccc(SC[C@@H](C)NC(=O)N2CCC(C)(O)CC2)cc1. The number of carbonyl (C=O) groups excluding carboxylic acids is 1. The molecule has 1 saturated heterocycles. The van der Waals surface area contributed by atoms with Crippen LogP contribution in [0.25, 0.3) is 0 Å². The van der Waals surface area contributed by atoms with E-state index in [1.807, 2.05) is 13.8 Å². The minimum Gasteiger partial charge on any atom is -0.390 e. The lowest BCUT2D eigenvalue weighted by Gasteiger charge is -2.36. The van der Waals surface area contributed by atoms with Gasteiger partial charge in [-0.05, 0) is 45.7 Å². The second-order valence-corrected chi connectivity index (χ2v) is 7.55. The fourth-order valence-corrected chi connectivity index (χ4v) is 3.25. The number of likely N-dealkylation sites (tertiary alicyclic amines) is 1. The van der Waals surface area contributed by atoms with Gasteiger partial charge in [-0.25, -0.2) is 4.79 Å². The van der Waals surface area contributed by atoms with Gasteiger partial charge in [0.2, 0.25) is 0 Å². The number of carbonyl (C=O) groups is 1. The van der Waals surface area contributed by atoms with Crippen molar-refractivity contribution in [1.29, 1.82) is 0 Å². The summed E-state index contributed by atoms with van der Waals surface area (Å²) in [5.41, 5.74) is 0.635. The number of aliphatic hydroxyl groups is 1. The van der Waals surface area contributed by atoms with E-state index in [1.54, 1.807) is 16.7 Å². The lowest BCUT2D eigenvalue weighted by molar-refractivity contribution is 0.00426. The summed E-state index contributed by atoms with van der Waals surface area (Å²) in [5, 5.41) is 13.0. The molecule has 2 amide bonds. The molecule has 22 heavy (non-hydrogen) atoms. The van der Waals surface area contributed by atoms with Gasteiger partial charge in [-0.15, -0.1) is 11.8 Å². The average Bonchev–Trinajstić information content (AvgIpc) is 2.46. The van der Waals surface area contributed by atoms with E-state index < -0.39 is 5.60 Å². The van der Waals surface area contributed by atoms with Crippen molar-refractivity contribution in [2.75, 3.05) is 18.8 Å². The highest BCUT2D eigenvalue weighted by Gasteiger charge is 2.29. The molecule has 1 aromatic carbocycles. The zero-order chi connectivity index (χ0) is 16.2. The van der Waals surface area contributed by atoms with Gasteiger partial charge in [-0.1, -0.05) is 17.7 Å². The largest absolute Gasteiger partial charge is 0.390 e. The Labute approximate surface area is 137 Å². The summed E-state index contributed by atoms with van der Waals surface area (Å²) in [5.74, 6) is 0.848. The van der Waals surface area contributed by atoms with E-state index in [1.165, 1.54) is 10.5 Å². The minimum absolute atomic E-state index is 0.0208. The molecular formula is C17H26N2O2S. The molecule has 1 aromatic rings. The van der Waals surface area contributed by atoms with E-state index in [0.29, 0.717) is 25.9 Å². The van der Waals surface area contributed by atoms with Crippen molar-refractivity contribution in [2.45, 2.75) is 50.2 Å². The Morgan fingerprint density at radius 3 is 2.55 bits per heavy atom. The first-order valence-corrected chi connectivity index (χ1v) is 8.81. The highest BCUT2D eigenvalue weighted by atomic mass is 32.2. The van der Waals surface area contributed by atoms with Gasteiger partial charge < -0.3 is 15.3 Å². The van der Waals surface area contributed by atoms with Gasteiger partial charge in [0.05, 0.1) is 5.60 Å². The Morgan fingerprint density at radius 2 is 1.95 bits per heavy atom. The number of urea groups is 1. The molecule has 0 bridgehead atoms. The van der Waals surface area contributed by atoms with Crippen molar-refractivity contribution in [3.8, 4) is 0 Å². The quantitative estimate of drug-likeness (QED) is 0.838. The summed E-state index contributed by atoms with van der Waals surface area (Å²) in [6, 6.07) is 8.52. The summed E-state index contributed by atoms with van der Waals surface area (Å²) in [6.45, 7) is 7.18. The third kappa shape index (κ3) is 5.21. The minimum atomic E-state index is -0.621. The van der Waals surface area contributed by atoms with E-state index in [0.717, 1.165) is 5.75 Å². The van der Waals surface area contributed by atoms with Crippen LogP contribution >= 0.6 is 11.8 Å². The molecule has 122 valence electrons. The molecule has 2 rings (SSSR count). The van der Waals surface area contributed by atoms with Crippen molar-refractivity contribution in [2.24, 2.45) is 0 Å². The van der Waals surface area contributed by atoms with E-state index in [9.17, 15) is 9.90 Å². The monoisotopic (exact) mass is 322 g/mol. The van der Waals surface area contributed by atoms with Crippen molar-refractivity contribution < 1.29 is 9.90 Å². The molecule has 0 radical (unpaired) electrons. The Morgan fingerprint density at radius 1 is 1.36 bits per heavy atom. The molecule has 1 atom stereocenters. The maximum atomic E-state index is 12.2. The standard InChI is InChI=1S/C17H26N2O2S/c1-13-4-6-15(7-5-13)22-12-14(2)18-16(20)19-10-8-17(3,21)9-11-19/h4-7,14,21H,8-12H2,1-3H3,(H,18,20)/t14-/m1/s1. The first kappa shape index (κ1) is 17.2. The maximum absolute atomic E-state index is 12.2. The predicted molar refractivity (Wildman–Crippen MR) is 91.3 cm³/mol. The molecule has 1 aliphatic heterocycles. The zero-order valence-corrected chi connectivity index (χ0v) is 14.4. The lowest BCUT2D eigenvalue weighted by Crippen LogP contribution is -2.50. The van der Waals surface area contributed by atoms with Gasteiger partial charge in [0.25, 0.3) is 0 Å². The molecule has 4 nitrogen and oxygen atoms in total. The smallest absolute Gasteiger partial charge is 0.317 e. The first-order valence-electron chi connectivity index (χ1n) is 7.83. The van der Waals surface area contributed by atoms with Crippen molar-refractivity contribution in [3.63, 3.8) is 0 Å². The number of thioether (sulfide) groups is 1. The molecule has 1 aliphatic rings. The number of amides is 2. The van der Waals surface area contributed by atoms with Crippen molar-refractivity contribution in [1.82, 2.24) is 10.2 Å². The number of piperidine rings is 1. The summed E-state index contributed by atoms with van der Waals surface area (Å²) in [4.78, 5) is 15.2. The van der Waals surface area contributed by atoms with Gasteiger partial charge in [0.1, 0.15) is 0 Å². The molecule has 1 heterocycles. The molecule has 0 unspecified atom stereocenters. The number of hydrogen-bond donors (Lipinski definition) is 2. The predicted octanol–water partition coefficient (Wildman–Crippen LogP) is 3.03. The molecule has 0 spiro atoms. The van der Waals surface area contributed by atoms with Crippen molar-refractivity contribution >= 4 is 17.8 Å². The molecular weight excluding hydrogens is 296 g/mol. The van der Waals surface area contributed by atoms with Crippen LogP contribution in [0, 0.1) is 6.92 Å². The highest BCUT2D eigenvalue weighted by Crippen LogP contribution is 2.22. The molecule has 1 fully saturated rings. The zero-order valence-electron chi connectivity index (χ0n) is 13.6. The van der Waals surface area contributed by atoms with E-state index in [-0.39, 0.29) is 12.1 Å². The molecule has 5 heteroatoms. The summed E-state index contributed by atoms with van der Waals surface area (Å²) in [6.07, 6.45) is 1.29. The van der Waals surface area contributed by atoms with E-state index in [2.05, 4.69) is 36.5 Å². The van der Waals surface area contributed by atoms with Crippen LogP contribution in [0.15, 0.2) is 29.2 Å². The summed E-state index contributed by atoms with van der Waals surface area (Å²) >= 11 is 1.75. The molecule has 0 aromatic heterocycles. The number of benzene rings is 1. The van der Waals surface area contributed by atoms with Gasteiger partial charge in [0.15, 0.2) is 0 Å². The number of nitrogens with zero attached hydrogens (tertiary/aromatic N) is 1. The molecule has 0 aliphatic carbocycles. The van der Waals surface area contributed by atoms with Crippen LogP contribution < -0.4 is 5.32 Å². The second kappa shape index (κ2) is 7.38. The van der Waals surface area contributed by atoms with Crippen LogP contribution in [0.5, 0.6) is 0 Å². The summed E-state index contributed by atoms with van der Waals surface area (Å²) < 4.78 is 0. The fraction of sp³-hybridized carbons (Fsp3) is 0.588. The summed E-state index contributed by atoms with van der Waals surface area (Å²) in [7, 11) is 0. The maximum Gasteiger partial charge on any atom is 0.317 e. The van der Waals surface area contributed by atoms with Crippen LogP contribution in [0.1, 0.15) is 32.3 Å². The lowest BCUT2D eigenvalue weighted by atomic mass is 9.94. The van der Waals surface area contributed by atoms with Crippen LogP contribution in [-0.4, -0.2) is 46.5 Å². The van der Waals surface area contributed by atoms with Crippen LogP contribution in [0.4, 0.5) is 4.79 Å². The van der Waals surface area contributed by atoms with Gasteiger partial charge in [0, 0.05) is 29.8 Å². The van der Waals surface area contributed by atoms with Crippen molar-refractivity contribution in [3.05, 3.63) is 29.8 Å². The van der Waals surface area contributed by atoms with Gasteiger partial charge in [-0.3, -0.25) is 0 Å². The molecule has 0 saturated carbocycles. The Bertz CT molecular complexity index is 492. The topological polar surface area (TPSA) is 52.6 Å². The number of rotatable bonds is 4. The fourth-order valence-electron chi connectivity index (χ4n) is 2.39. The third-order valence-corrected chi connectivity index (χ3v) is 5.29. The highest BCUT2D eigenvalue weighted by molar-refractivity contribution is 7.99. The molecule has 2 N–H and O–H groups in total. The average molecular weight is 322 g/mol. The Kier molecular flexibility index (Phi) is 5.75. The number of aryl methyl sites for hydroxylation is 1. The van der Waals surface area contributed by atoms with Gasteiger partial charge >= 0.3 is 6.03 Å². The second-order valence-electron chi connectivity index (χ2n) is 6.46. The van der Waals surface area contributed by atoms with Crippen LogP contribution in [0.2, 0.25) is 0 Å². The van der Waals surface area contributed by atoms with Gasteiger partial charge in [-0.2, -0.15) is 0 Å². The Hall–Kier alpha value is -1.20. The third-order valence-electron chi connectivity index (χ3n) is 4.02. The van der Waals surface area contributed by atoms with E-state index in [4.69, 9.17) is 0 Å². The number of nitrogens with one attached hydrogen (secondary N) is 1. The van der Waals surface area contributed by atoms with E-state index >= 15 is 0 Å². The van der Waals surface area contributed by atoms with Crippen LogP contribution in [-0.2, 0) is 0 Å². The normalized spacial score (nSPS) is 18.8. The van der Waals surface area contributed by atoms with Crippen LogP contribution in [0.3, 0.4) is 0 Å². The number of hydrogen-bond acceptors (Lipinski definition) is 3. The first-order chi connectivity index (χ1) is 10.4. The Balaban J connectivity index is 1.73.